The number of hydrogen-bond donors (Lipinski definition) is 1. The number of hydrogen-bond acceptors (Lipinski definition) is 6. The molecule has 2 N–H and O–H groups in total. The SMILES string of the molecule is COc1ccc(N)c(C(=O)c2nccnc2OC)c1. The summed E-state index contributed by atoms with van der Waals surface area (Å²) in [4.78, 5) is 20.3. The van der Waals surface area contributed by atoms with Crippen LogP contribution in [0.5, 0.6) is 11.6 Å². The van der Waals surface area contributed by atoms with Crippen LogP contribution in [0.2, 0.25) is 0 Å². The topological polar surface area (TPSA) is 87.3 Å². The van der Waals surface area contributed by atoms with Gasteiger partial charge in [-0.05, 0) is 18.2 Å². The number of nitrogen functional groups attached to an aromatic ring is 1. The van der Waals surface area contributed by atoms with Crippen molar-refractivity contribution >= 4 is 11.5 Å². The number of rotatable bonds is 4. The second kappa shape index (κ2) is 5.34. The molecule has 6 nitrogen and oxygen atoms in total. The Bertz CT molecular complexity index is 614. The molecule has 6 heteroatoms. The van der Waals surface area contributed by atoms with Crippen LogP contribution in [-0.2, 0) is 0 Å². The first-order valence-corrected chi connectivity index (χ1v) is 5.50. The highest BCUT2D eigenvalue weighted by Gasteiger charge is 2.19. The van der Waals surface area contributed by atoms with Crippen LogP contribution in [0.3, 0.4) is 0 Å². The van der Waals surface area contributed by atoms with Crippen molar-refractivity contribution in [3.8, 4) is 11.6 Å². The van der Waals surface area contributed by atoms with E-state index in [1.54, 1.807) is 18.2 Å². The number of benzene rings is 1. The molecule has 1 heterocycles. The fourth-order valence-corrected chi connectivity index (χ4v) is 1.62. The highest BCUT2D eigenvalue weighted by atomic mass is 16.5. The highest BCUT2D eigenvalue weighted by Crippen LogP contribution is 2.24. The Morgan fingerprint density at radius 2 is 1.89 bits per heavy atom. The smallest absolute Gasteiger partial charge is 0.243 e. The zero-order valence-corrected chi connectivity index (χ0v) is 10.6. The van der Waals surface area contributed by atoms with Gasteiger partial charge in [0, 0.05) is 18.1 Å². The molecule has 0 spiro atoms. The number of nitrogens with zero attached hydrogens (tertiary/aromatic N) is 2. The molecule has 0 aliphatic carbocycles. The minimum atomic E-state index is -0.360. The molecular formula is C13H13N3O3. The Morgan fingerprint density at radius 1 is 1.16 bits per heavy atom. The van der Waals surface area contributed by atoms with Gasteiger partial charge in [-0.1, -0.05) is 0 Å². The Labute approximate surface area is 110 Å². The van der Waals surface area contributed by atoms with E-state index in [1.165, 1.54) is 26.6 Å². The highest BCUT2D eigenvalue weighted by molar-refractivity contribution is 6.12. The number of nitrogens with two attached hydrogens (primary N) is 1. The number of carbonyl (C=O) groups is 1. The summed E-state index contributed by atoms with van der Waals surface area (Å²) in [6, 6.07) is 4.85. The molecule has 98 valence electrons. The van der Waals surface area contributed by atoms with Crippen LogP contribution in [0.25, 0.3) is 0 Å². The molecule has 19 heavy (non-hydrogen) atoms. The molecule has 0 aliphatic rings. The van der Waals surface area contributed by atoms with Crippen LogP contribution in [-0.4, -0.2) is 30.0 Å². The van der Waals surface area contributed by atoms with Crippen molar-refractivity contribution in [2.75, 3.05) is 20.0 Å². The zero-order valence-electron chi connectivity index (χ0n) is 10.6. The summed E-state index contributed by atoms with van der Waals surface area (Å²) in [6.07, 6.45) is 2.87. The van der Waals surface area contributed by atoms with Gasteiger partial charge in [0.15, 0.2) is 5.69 Å². The Balaban J connectivity index is 2.49. The van der Waals surface area contributed by atoms with E-state index in [9.17, 15) is 4.79 Å². The molecule has 0 radical (unpaired) electrons. The zero-order chi connectivity index (χ0) is 13.8. The average molecular weight is 259 g/mol. The fourth-order valence-electron chi connectivity index (χ4n) is 1.62. The first-order valence-electron chi connectivity index (χ1n) is 5.50. The van der Waals surface area contributed by atoms with Gasteiger partial charge in [0.25, 0.3) is 0 Å². The van der Waals surface area contributed by atoms with E-state index < -0.39 is 0 Å². The van der Waals surface area contributed by atoms with Gasteiger partial charge in [-0.15, -0.1) is 0 Å². The van der Waals surface area contributed by atoms with Crippen molar-refractivity contribution in [2.24, 2.45) is 0 Å². The molecule has 0 fully saturated rings. The standard InChI is InChI=1S/C13H13N3O3/c1-18-8-3-4-10(14)9(7-8)12(17)11-13(19-2)16-6-5-15-11/h3-7H,14H2,1-2H3. The molecule has 0 bridgehead atoms. The van der Waals surface area contributed by atoms with Gasteiger partial charge in [0.1, 0.15) is 5.75 Å². The quantitative estimate of drug-likeness (QED) is 0.658. The normalized spacial score (nSPS) is 10.0. The van der Waals surface area contributed by atoms with Crippen LogP contribution >= 0.6 is 0 Å². The molecule has 1 aromatic heterocycles. The van der Waals surface area contributed by atoms with E-state index in [2.05, 4.69) is 9.97 Å². The van der Waals surface area contributed by atoms with Crippen molar-refractivity contribution in [3.63, 3.8) is 0 Å². The second-order valence-electron chi connectivity index (χ2n) is 3.70. The molecule has 2 aromatic rings. The largest absolute Gasteiger partial charge is 0.497 e. The number of aromatic nitrogens is 2. The number of ether oxygens (including phenoxy) is 2. The van der Waals surface area contributed by atoms with Gasteiger partial charge < -0.3 is 15.2 Å². The minimum absolute atomic E-state index is 0.116. The molecule has 0 saturated heterocycles. The first kappa shape index (κ1) is 12.8. The van der Waals surface area contributed by atoms with Gasteiger partial charge in [-0.3, -0.25) is 4.79 Å². The molecule has 0 unspecified atom stereocenters. The van der Waals surface area contributed by atoms with Crippen LogP contribution in [0.15, 0.2) is 30.6 Å². The molecule has 0 amide bonds. The summed E-state index contributed by atoms with van der Waals surface area (Å²) in [5, 5.41) is 0. The summed E-state index contributed by atoms with van der Waals surface area (Å²) in [5.41, 5.74) is 6.57. The Kier molecular flexibility index (Phi) is 3.61. The summed E-state index contributed by atoms with van der Waals surface area (Å²) in [7, 11) is 2.94. The summed E-state index contributed by atoms with van der Waals surface area (Å²) >= 11 is 0. The molecule has 1 aromatic carbocycles. The fraction of sp³-hybridized carbons (Fsp3) is 0.154. The van der Waals surface area contributed by atoms with Crippen molar-refractivity contribution in [1.82, 2.24) is 9.97 Å². The number of carbonyl (C=O) groups excluding carboxylic acids is 1. The second-order valence-corrected chi connectivity index (χ2v) is 3.70. The predicted molar refractivity (Wildman–Crippen MR) is 69.4 cm³/mol. The monoisotopic (exact) mass is 259 g/mol. The molecule has 2 rings (SSSR count). The van der Waals surface area contributed by atoms with Crippen LogP contribution in [0.4, 0.5) is 5.69 Å². The maximum absolute atomic E-state index is 12.4. The lowest BCUT2D eigenvalue weighted by atomic mass is 10.1. The third kappa shape index (κ3) is 2.47. The number of anilines is 1. The Hall–Kier alpha value is -2.63. The van der Waals surface area contributed by atoms with E-state index in [4.69, 9.17) is 15.2 Å². The lowest BCUT2D eigenvalue weighted by Crippen LogP contribution is -2.10. The van der Waals surface area contributed by atoms with Gasteiger partial charge in [-0.25, -0.2) is 9.97 Å². The van der Waals surface area contributed by atoms with Gasteiger partial charge in [0.05, 0.1) is 19.8 Å². The van der Waals surface area contributed by atoms with E-state index >= 15 is 0 Å². The van der Waals surface area contributed by atoms with Crippen molar-refractivity contribution in [2.45, 2.75) is 0 Å². The maximum Gasteiger partial charge on any atom is 0.243 e. The van der Waals surface area contributed by atoms with E-state index in [1.807, 2.05) is 0 Å². The van der Waals surface area contributed by atoms with Gasteiger partial charge in [0.2, 0.25) is 11.7 Å². The van der Waals surface area contributed by atoms with E-state index in [0.29, 0.717) is 17.0 Å². The number of ketones is 1. The van der Waals surface area contributed by atoms with Crippen molar-refractivity contribution in [3.05, 3.63) is 41.9 Å². The molecular weight excluding hydrogens is 246 g/mol. The predicted octanol–water partition coefficient (Wildman–Crippen LogP) is 1.31. The minimum Gasteiger partial charge on any atom is -0.497 e. The number of methoxy groups -OCH3 is 2. The van der Waals surface area contributed by atoms with Crippen LogP contribution in [0, 0.1) is 0 Å². The first-order chi connectivity index (χ1) is 9.17. The van der Waals surface area contributed by atoms with Crippen LogP contribution in [0.1, 0.15) is 16.1 Å². The molecule has 0 atom stereocenters. The molecule has 0 saturated carbocycles. The summed E-state index contributed by atoms with van der Waals surface area (Å²) < 4.78 is 10.1. The van der Waals surface area contributed by atoms with Crippen LogP contribution < -0.4 is 15.2 Å². The maximum atomic E-state index is 12.4. The summed E-state index contributed by atoms with van der Waals surface area (Å²) in [6.45, 7) is 0. The third-order valence-electron chi connectivity index (χ3n) is 2.58. The third-order valence-corrected chi connectivity index (χ3v) is 2.58. The lowest BCUT2D eigenvalue weighted by Gasteiger charge is -2.08. The van der Waals surface area contributed by atoms with Gasteiger partial charge in [-0.2, -0.15) is 0 Å². The lowest BCUT2D eigenvalue weighted by molar-refractivity contribution is 0.103. The van der Waals surface area contributed by atoms with Crippen molar-refractivity contribution in [1.29, 1.82) is 0 Å². The molecule has 0 aliphatic heterocycles. The van der Waals surface area contributed by atoms with E-state index in [0.717, 1.165) is 0 Å². The Morgan fingerprint density at radius 3 is 2.58 bits per heavy atom. The van der Waals surface area contributed by atoms with E-state index in [-0.39, 0.29) is 17.4 Å². The average Bonchev–Trinajstić information content (AvgIpc) is 2.47. The van der Waals surface area contributed by atoms with Crippen molar-refractivity contribution < 1.29 is 14.3 Å². The van der Waals surface area contributed by atoms with Gasteiger partial charge >= 0.3 is 0 Å². The summed E-state index contributed by atoms with van der Waals surface area (Å²) in [5.74, 6) is 0.344.